The first-order chi connectivity index (χ1) is 12.2. The summed E-state index contributed by atoms with van der Waals surface area (Å²) in [4.78, 5) is 12.6. The SMILES string of the molecule is COc1ccccc1CCNC(=O)c1cc2c(OC)cccc2n1C. The van der Waals surface area contributed by atoms with E-state index in [9.17, 15) is 4.79 Å². The maximum atomic E-state index is 12.6. The molecule has 0 saturated carbocycles. The molecular weight excluding hydrogens is 316 g/mol. The van der Waals surface area contributed by atoms with Gasteiger partial charge in [-0.3, -0.25) is 4.79 Å². The van der Waals surface area contributed by atoms with Gasteiger partial charge in [-0.2, -0.15) is 0 Å². The van der Waals surface area contributed by atoms with E-state index in [0.717, 1.165) is 28.0 Å². The molecule has 1 heterocycles. The van der Waals surface area contributed by atoms with E-state index in [4.69, 9.17) is 9.47 Å². The first-order valence-corrected chi connectivity index (χ1v) is 8.18. The number of carbonyl (C=O) groups excluding carboxylic acids is 1. The number of benzene rings is 2. The quantitative estimate of drug-likeness (QED) is 0.751. The number of carbonyl (C=O) groups is 1. The van der Waals surface area contributed by atoms with Gasteiger partial charge in [0.2, 0.25) is 0 Å². The molecule has 0 unspecified atom stereocenters. The van der Waals surface area contributed by atoms with Crippen molar-refractivity contribution in [2.45, 2.75) is 6.42 Å². The van der Waals surface area contributed by atoms with Crippen LogP contribution in [0.2, 0.25) is 0 Å². The third-order valence-electron chi connectivity index (χ3n) is 4.37. The zero-order valence-electron chi connectivity index (χ0n) is 14.7. The van der Waals surface area contributed by atoms with Crippen LogP contribution in [0.3, 0.4) is 0 Å². The average Bonchev–Trinajstić information content (AvgIpc) is 2.99. The van der Waals surface area contributed by atoms with Gasteiger partial charge in [-0.25, -0.2) is 0 Å². The topological polar surface area (TPSA) is 52.5 Å². The Morgan fingerprint density at radius 3 is 2.52 bits per heavy atom. The number of fused-ring (bicyclic) bond motifs is 1. The van der Waals surface area contributed by atoms with E-state index in [0.29, 0.717) is 18.7 Å². The number of amides is 1. The Balaban J connectivity index is 1.73. The highest BCUT2D eigenvalue weighted by atomic mass is 16.5. The molecule has 0 aliphatic rings. The lowest BCUT2D eigenvalue weighted by atomic mass is 10.1. The number of para-hydroxylation sites is 1. The summed E-state index contributed by atoms with van der Waals surface area (Å²) in [5.74, 6) is 1.50. The highest BCUT2D eigenvalue weighted by molar-refractivity contribution is 6.00. The van der Waals surface area contributed by atoms with E-state index in [1.165, 1.54) is 0 Å². The van der Waals surface area contributed by atoms with E-state index in [1.54, 1.807) is 14.2 Å². The van der Waals surface area contributed by atoms with E-state index in [-0.39, 0.29) is 5.91 Å². The second-order valence-electron chi connectivity index (χ2n) is 5.80. The van der Waals surface area contributed by atoms with E-state index in [2.05, 4.69) is 5.32 Å². The van der Waals surface area contributed by atoms with Crippen molar-refractivity contribution in [2.24, 2.45) is 7.05 Å². The largest absolute Gasteiger partial charge is 0.496 e. The van der Waals surface area contributed by atoms with E-state index >= 15 is 0 Å². The molecule has 1 amide bonds. The number of hydrogen-bond acceptors (Lipinski definition) is 3. The van der Waals surface area contributed by atoms with Crippen LogP contribution in [0, 0.1) is 0 Å². The van der Waals surface area contributed by atoms with Crippen LogP contribution < -0.4 is 14.8 Å². The fraction of sp³-hybridized carbons (Fsp3) is 0.250. The summed E-state index contributed by atoms with van der Waals surface area (Å²) in [7, 11) is 5.17. The van der Waals surface area contributed by atoms with Crippen molar-refractivity contribution >= 4 is 16.8 Å². The zero-order valence-corrected chi connectivity index (χ0v) is 14.7. The number of nitrogens with zero attached hydrogens (tertiary/aromatic N) is 1. The molecule has 25 heavy (non-hydrogen) atoms. The van der Waals surface area contributed by atoms with Gasteiger partial charge in [0, 0.05) is 19.0 Å². The number of aromatic nitrogens is 1. The lowest BCUT2D eigenvalue weighted by Crippen LogP contribution is -2.27. The van der Waals surface area contributed by atoms with Crippen LogP contribution in [-0.2, 0) is 13.5 Å². The van der Waals surface area contributed by atoms with Gasteiger partial charge < -0.3 is 19.4 Å². The van der Waals surface area contributed by atoms with Crippen molar-refractivity contribution in [3.8, 4) is 11.5 Å². The van der Waals surface area contributed by atoms with Gasteiger partial charge in [0.05, 0.1) is 19.7 Å². The molecule has 0 atom stereocenters. The Bertz CT molecular complexity index is 899. The first kappa shape index (κ1) is 16.9. The molecule has 0 bridgehead atoms. The predicted octanol–water partition coefficient (Wildman–Crippen LogP) is 3.17. The van der Waals surface area contributed by atoms with E-state index < -0.39 is 0 Å². The van der Waals surface area contributed by atoms with Gasteiger partial charge in [0.25, 0.3) is 5.91 Å². The Morgan fingerprint density at radius 1 is 1.04 bits per heavy atom. The summed E-state index contributed by atoms with van der Waals surface area (Å²) in [5.41, 5.74) is 2.65. The van der Waals surface area contributed by atoms with Crippen LogP contribution in [0.15, 0.2) is 48.5 Å². The Morgan fingerprint density at radius 2 is 1.76 bits per heavy atom. The zero-order chi connectivity index (χ0) is 17.8. The van der Waals surface area contributed by atoms with Gasteiger partial charge in [-0.15, -0.1) is 0 Å². The van der Waals surface area contributed by atoms with Crippen molar-refractivity contribution in [1.29, 1.82) is 0 Å². The van der Waals surface area contributed by atoms with Crippen LogP contribution in [0.25, 0.3) is 10.9 Å². The van der Waals surface area contributed by atoms with Gasteiger partial charge in [-0.1, -0.05) is 24.3 Å². The first-order valence-electron chi connectivity index (χ1n) is 8.18. The highest BCUT2D eigenvalue weighted by Crippen LogP contribution is 2.28. The number of hydrogen-bond donors (Lipinski definition) is 1. The second kappa shape index (κ2) is 7.30. The fourth-order valence-electron chi connectivity index (χ4n) is 3.04. The maximum absolute atomic E-state index is 12.6. The Labute approximate surface area is 147 Å². The molecule has 2 aromatic carbocycles. The van der Waals surface area contributed by atoms with Crippen molar-refractivity contribution in [2.75, 3.05) is 20.8 Å². The lowest BCUT2D eigenvalue weighted by molar-refractivity contribution is 0.0946. The number of nitrogens with one attached hydrogen (secondary N) is 1. The molecule has 0 aliphatic heterocycles. The van der Waals surface area contributed by atoms with Crippen LogP contribution in [0.5, 0.6) is 11.5 Å². The molecule has 0 aliphatic carbocycles. The smallest absolute Gasteiger partial charge is 0.267 e. The number of rotatable bonds is 6. The van der Waals surface area contributed by atoms with Crippen molar-refractivity contribution in [3.63, 3.8) is 0 Å². The standard InChI is InChI=1S/C20H22N2O3/c1-22-16-8-6-10-19(25-3)15(16)13-17(22)20(23)21-12-11-14-7-4-5-9-18(14)24-2/h4-10,13H,11-12H2,1-3H3,(H,21,23). The molecule has 5 heteroatoms. The van der Waals surface area contributed by atoms with Gasteiger partial charge in [-0.05, 0) is 36.2 Å². The molecule has 0 radical (unpaired) electrons. The molecule has 3 rings (SSSR count). The van der Waals surface area contributed by atoms with Crippen LogP contribution in [0.1, 0.15) is 16.1 Å². The van der Waals surface area contributed by atoms with Crippen molar-refractivity contribution in [1.82, 2.24) is 9.88 Å². The number of ether oxygens (including phenoxy) is 2. The lowest BCUT2D eigenvalue weighted by Gasteiger charge is -2.09. The minimum absolute atomic E-state index is 0.101. The number of methoxy groups -OCH3 is 2. The molecule has 1 aromatic heterocycles. The summed E-state index contributed by atoms with van der Waals surface area (Å²) < 4.78 is 12.6. The summed E-state index contributed by atoms with van der Waals surface area (Å²) in [6.07, 6.45) is 0.711. The molecule has 0 fully saturated rings. The van der Waals surface area contributed by atoms with Crippen molar-refractivity contribution in [3.05, 3.63) is 59.8 Å². The van der Waals surface area contributed by atoms with Gasteiger partial charge in [0.15, 0.2) is 0 Å². The molecule has 1 N–H and O–H groups in total. The molecule has 0 spiro atoms. The summed E-state index contributed by atoms with van der Waals surface area (Å²) in [5, 5.41) is 3.91. The monoisotopic (exact) mass is 338 g/mol. The van der Waals surface area contributed by atoms with Crippen LogP contribution in [0.4, 0.5) is 0 Å². The van der Waals surface area contributed by atoms with E-state index in [1.807, 2.05) is 60.1 Å². The number of aryl methyl sites for hydroxylation is 1. The third kappa shape index (κ3) is 3.31. The molecule has 3 aromatic rings. The molecule has 0 saturated heterocycles. The maximum Gasteiger partial charge on any atom is 0.267 e. The van der Waals surface area contributed by atoms with Gasteiger partial charge >= 0.3 is 0 Å². The Kier molecular flexibility index (Phi) is 4.93. The van der Waals surface area contributed by atoms with Crippen LogP contribution in [-0.4, -0.2) is 31.2 Å². The summed E-state index contributed by atoms with van der Waals surface area (Å²) in [6.45, 7) is 0.540. The molecule has 130 valence electrons. The van der Waals surface area contributed by atoms with Crippen molar-refractivity contribution < 1.29 is 14.3 Å². The third-order valence-corrected chi connectivity index (χ3v) is 4.37. The molecule has 5 nitrogen and oxygen atoms in total. The second-order valence-corrected chi connectivity index (χ2v) is 5.80. The Hall–Kier alpha value is -2.95. The normalized spacial score (nSPS) is 10.7. The summed E-state index contributed by atoms with van der Waals surface area (Å²) >= 11 is 0. The highest BCUT2D eigenvalue weighted by Gasteiger charge is 2.15. The summed E-state index contributed by atoms with van der Waals surface area (Å²) in [6, 6.07) is 15.5. The van der Waals surface area contributed by atoms with Gasteiger partial charge in [0.1, 0.15) is 17.2 Å². The molecular formula is C20H22N2O3. The minimum atomic E-state index is -0.101. The predicted molar refractivity (Wildman–Crippen MR) is 98.5 cm³/mol. The average molecular weight is 338 g/mol. The van der Waals surface area contributed by atoms with Crippen LogP contribution >= 0.6 is 0 Å². The minimum Gasteiger partial charge on any atom is -0.496 e. The fourth-order valence-corrected chi connectivity index (χ4v) is 3.04.